The van der Waals surface area contributed by atoms with Crippen molar-refractivity contribution in [3.8, 4) is 0 Å². The van der Waals surface area contributed by atoms with Gasteiger partial charge in [-0.15, -0.1) is 0 Å². The normalized spacial score (nSPS) is 18.3. The van der Waals surface area contributed by atoms with Crippen LogP contribution in [0.5, 0.6) is 0 Å². The van der Waals surface area contributed by atoms with Crippen molar-refractivity contribution in [3.63, 3.8) is 0 Å². The van der Waals surface area contributed by atoms with Gasteiger partial charge in [0.25, 0.3) is 5.91 Å². The molecular weight excluding hydrogens is 304 g/mol. The van der Waals surface area contributed by atoms with E-state index in [1.807, 2.05) is 41.9 Å². The van der Waals surface area contributed by atoms with Gasteiger partial charge < -0.3 is 4.57 Å². The van der Waals surface area contributed by atoms with E-state index in [-0.39, 0.29) is 5.91 Å². The number of nitrogens with one attached hydrogen (secondary N) is 2. The predicted molar refractivity (Wildman–Crippen MR) is 91.9 cm³/mol. The number of para-hydroxylation sites is 2. The molecule has 1 amide bonds. The average Bonchev–Trinajstić information content (AvgIpc) is 3.28. The van der Waals surface area contributed by atoms with Crippen LogP contribution >= 0.6 is 0 Å². The molecule has 7 heteroatoms. The first kappa shape index (κ1) is 14.9. The fraction of sp³-hybridized carbons (Fsp3) is 0.353. The third-order valence-corrected chi connectivity index (χ3v) is 4.72. The smallest absolute Gasteiger partial charge is 0.278 e. The van der Waals surface area contributed by atoms with Crippen LogP contribution in [0.3, 0.4) is 0 Å². The topological polar surface area (TPSA) is 78.8 Å². The second-order valence-corrected chi connectivity index (χ2v) is 6.28. The third-order valence-electron chi connectivity index (χ3n) is 4.72. The van der Waals surface area contributed by atoms with Crippen molar-refractivity contribution in [3.05, 3.63) is 41.7 Å². The van der Waals surface area contributed by atoms with Gasteiger partial charge in [-0.3, -0.25) is 20.1 Å². The lowest BCUT2D eigenvalue weighted by Gasteiger charge is -2.16. The maximum Gasteiger partial charge on any atom is 0.278 e. The molecule has 124 valence electrons. The van der Waals surface area contributed by atoms with E-state index in [0.717, 1.165) is 29.7 Å². The standard InChI is InChI=1S/C17H20N6O/c1-22-9-5-8-14(22)12-10-13(21-20-12)16(24)19-17-18-11-6-3-4-7-15(11)23(17)2/h3-4,6-7,10,14H,5,8-9H2,1-2H3,(H,20,21)(H,18,19,24). The molecule has 1 fully saturated rings. The summed E-state index contributed by atoms with van der Waals surface area (Å²) in [7, 11) is 3.98. The lowest BCUT2D eigenvalue weighted by Crippen LogP contribution is -2.17. The number of anilines is 1. The summed E-state index contributed by atoms with van der Waals surface area (Å²) in [5.41, 5.74) is 3.20. The van der Waals surface area contributed by atoms with Gasteiger partial charge in [0.2, 0.25) is 5.95 Å². The zero-order valence-corrected chi connectivity index (χ0v) is 13.8. The number of hydrogen-bond donors (Lipinski definition) is 2. The maximum absolute atomic E-state index is 12.5. The Morgan fingerprint density at radius 3 is 2.92 bits per heavy atom. The maximum atomic E-state index is 12.5. The molecule has 2 N–H and O–H groups in total. The number of nitrogens with zero attached hydrogens (tertiary/aromatic N) is 4. The summed E-state index contributed by atoms with van der Waals surface area (Å²) < 4.78 is 1.87. The summed E-state index contributed by atoms with van der Waals surface area (Å²) in [6.07, 6.45) is 2.26. The molecule has 0 radical (unpaired) electrons. The largest absolute Gasteiger partial charge is 0.313 e. The number of rotatable bonds is 3. The zero-order valence-electron chi connectivity index (χ0n) is 13.8. The van der Waals surface area contributed by atoms with Crippen LogP contribution < -0.4 is 5.32 Å². The third kappa shape index (κ3) is 2.46. The molecular formula is C17H20N6O. The first-order valence-electron chi connectivity index (χ1n) is 8.12. The summed E-state index contributed by atoms with van der Waals surface area (Å²) >= 11 is 0. The first-order valence-corrected chi connectivity index (χ1v) is 8.12. The molecule has 3 aromatic rings. The van der Waals surface area contributed by atoms with E-state index >= 15 is 0 Å². The van der Waals surface area contributed by atoms with Crippen molar-refractivity contribution < 1.29 is 4.79 Å². The molecule has 3 heterocycles. The van der Waals surface area contributed by atoms with Gasteiger partial charge >= 0.3 is 0 Å². The summed E-state index contributed by atoms with van der Waals surface area (Å²) in [6.45, 7) is 1.07. The molecule has 1 aliphatic heterocycles. The Morgan fingerprint density at radius 1 is 1.33 bits per heavy atom. The fourth-order valence-corrected chi connectivity index (χ4v) is 3.35. The van der Waals surface area contributed by atoms with E-state index in [1.165, 1.54) is 6.42 Å². The van der Waals surface area contributed by atoms with Crippen LogP contribution in [0.15, 0.2) is 30.3 Å². The number of fused-ring (bicyclic) bond motifs is 1. The zero-order chi connectivity index (χ0) is 16.7. The molecule has 24 heavy (non-hydrogen) atoms. The van der Waals surface area contributed by atoms with Gasteiger partial charge in [-0.05, 0) is 44.6 Å². The highest BCUT2D eigenvalue weighted by atomic mass is 16.2. The lowest BCUT2D eigenvalue weighted by molar-refractivity contribution is 0.102. The Balaban J connectivity index is 1.55. The Morgan fingerprint density at radius 2 is 2.17 bits per heavy atom. The van der Waals surface area contributed by atoms with Crippen molar-refractivity contribution in [2.45, 2.75) is 18.9 Å². The predicted octanol–water partition coefficient (Wildman–Crippen LogP) is 2.32. The van der Waals surface area contributed by atoms with Gasteiger partial charge in [-0.2, -0.15) is 5.10 Å². The number of carbonyl (C=O) groups is 1. The minimum atomic E-state index is -0.253. The van der Waals surface area contributed by atoms with Crippen LogP contribution in [0, 0.1) is 0 Å². The van der Waals surface area contributed by atoms with Crippen LogP contribution in [0.1, 0.15) is 35.1 Å². The van der Waals surface area contributed by atoms with E-state index in [9.17, 15) is 4.79 Å². The van der Waals surface area contributed by atoms with Crippen molar-refractivity contribution >= 4 is 22.9 Å². The molecule has 2 aromatic heterocycles. The van der Waals surface area contributed by atoms with Crippen LogP contribution in [0.25, 0.3) is 11.0 Å². The number of benzene rings is 1. The lowest BCUT2D eigenvalue weighted by atomic mass is 10.1. The molecule has 1 saturated heterocycles. The van der Waals surface area contributed by atoms with Crippen LogP contribution in [-0.2, 0) is 7.05 Å². The van der Waals surface area contributed by atoms with Crippen molar-refractivity contribution in [1.29, 1.82) is 0 Å². The molecule has 0 spiro atoms. The molecule has 7 nitrogen and oxygen atoms in total. The second-order valence-electron chi connectivity index (χ2n) is 6.28. The highest BCUT2D eigenvalue weighted by Gasteiger charge is 2.25. The number of aromatic nitrogens is 4. The second kappa shape index (κ2) is 5.76. The summed E-state index contributed by atoms with van der Waals surface area (Å²) in [5.74, 6) is 0.264. The quantitative estimate of drug-likeness (QED) is 0.775. The monoisotopic (exact) mass is 324 g/mol. The number of aromatic amines is 1. The van der Waals surface area contributed by atoms with Gasteiger partial charge in [-0.25, -0.2) is 4.98 Å². The molecule has 0 saturated carbocycles. The molecule has 0 bridgehead atoms. The Bertz CT molecular complexity index is 896. The molecule has 0 aliphatic carbocycles. The van der Waals surface area contributed by atoms with Crippen molar-refractivity contribution in [2.24, 2.45) is 7.05 Å². The van der Waals surface area contributed by atoms with Crippen LogP contribution in [0.4, 0.5) is 5.95 Å². The number of carbonyl (C=O) groups excluding carboxylic acids is 1. The first-order chi connectivity index (χ1) is 11.6. The number of H-pyrrole nitrogens is 1. The van der Waals surface area contributed by atoms with Gasteiger partial charge in [0.15, 0.2) is 5.69 Å². The fourth-order valence-electron chi connectivity index (χ4n) is 3.35. The number of likely N-dealkylation sites (tertiary alicyclic amines) is 1. The van der Waals surface area contributed by atoms with Crippen molar-refractivity contribution in [1.82, 2.24) is 24.6 Å². The van der Waals surface area contributed by atoms with E-state index in [2.05, 4.69) is 32.4 Å². The minimum Gasteiger partial charge on any atom is -0.313 e. The van der Waals surface area contributed by atoms with Gasteiger partial charge in [0, 0.05) is 7.05 Å². The van der Waals surface area contributed by atoms with E-state index in [4.69, 9.17) is 0 Å². The average molecular weight is 324 g/mol. The summed E-state index contributed by atoms with van der Waals surface area (Å²) in [6, 6.07) is 9.93. The Kier molecular flexibility index (Phi) is 3.57. The van der Waals surface area contributed by atoms with E-state index in [1.54, 1.807) is 0 Å². The SMILES string of the molecule is CN1CCCC1c1cc(C(=O)Nc2nc3ccccc3n2C)n[nH]1. The van der Waals surface area contributed by atoms with E-state index in [0.29, 0.717) is 17.7 Å². The molecule has 1 unspecified atom stereocenters. The minimum absolute atomic E-state index is 0.253. The summed E-state index contributed by atoms with van der Waals surface area (Å²) in [5, 5.41) is 10.0. The number of imidazole rings is 1. The van der Waals surface area contributed by atoms with Crippen LogP contribution in [0.2, 0.25) is 0 Å². The Hall–Kier alpha value is -2.67. The molecule has 1 aromatic carbocycles. The van der Waals surface area contributed by atoms with E-state index < -0.39 is 0 Å². The highest BCUT2D eigenvalue weighted by molar-refractivity contribution is 6.02. The summed E-state index contributed by atoms with van der Waals surface area (Å²) in [4.78, 5) is 19.2. The molecule has 4 rings (SSSR count). The highest BCUT2D eigenvalue weighted by Crippen LogP contribution is 2.29. The molecule has 1 atom stereocenters. The van der Waals surface area contributed by atoms with Gasteiger partial charge in [0.1, 0.15) is 0 Å². The van der Waals surface area contributed by atoms with Gasteiger partial charge in [-0.1, -0.05) is 12.1 Å². The van der Waals surface area contributed by atoms with Crippen molar-refractivity contribution in [2.75, 3.05) is 18.9 Å². The number of hydrogen-bond acceptors (Lipinski definition) is 4. The van der Waals surface area contributed by atoms with Crippen LogP contribution in [-0.4, -0.2) is 44.1 Å². The number of aryl methyl sites for hydroxylation is 1. The molecule has 1 aliphatic rings. The Labute approximate surface area is 139 Å². The number of amides is 1. The van der Waals surface area contributed by atoms with Gasteiger partial charge in [0.05, 0.1) is 22.8 Å².